The van der Waals surface area contributed by atoms with Gasteiger partial charge < -0.3 is 4.74 Å². The Balaban J connectivity index is 1.33. The lowest BCUT2D eigenvalue weighted by Crippen LogP contribution is -2.28. The number of rotatable bonds is 6. The largest absolute Gasteiger partial charge is 0.488 e. The van der Waals surface area contributed by atoms with Gasteiger partial charge in [-0.2, -0.15) is 0 Å². The SMILES string of the molecule is O=C1/C(=C/c2ccccc2OCc2cccc3ccccc23)SC(=Nc2ccc(Cl)cc2)N1c1ccc(Cl)cc1. The lowest BCUT2D eigenvalue weighted by molar-refractivity contribution is -0.113. The van der Waals surface area contributed by atoms with E-state index in [2.05, 4.69) is 24.3 Å². The fraction of sp³-hybridized carbons (Fsp3) is 0.0303. The number of hydrogen-bond donors (Lipinski definition) is 0. The molecule has 5 aromatic carbocycles. The Labute approximate surface area is 246 Å². The lowest BCUT2D eigenvalue weighted by Gasteiger charge is -2.15. The molecule has 196 valence electrons. The van der Waals surface area contributed by atoms with E-state index in [1.807, 2.05) is 72.8 Å². The summed E-state index contributed by atoms with van der Waals surface area (Å²) in [5, 5.41) is 4.07. The quantitative estimate of drug-likeness (QED) is 0.188. The first-order chi connectivity index (χ1) is 19.5. The maximum atomic E-state index is 13.7. The molecule has 0 aromatic heterocycles. The van der Waals surface area contributed by atoms with Gasteiger partial charge in [0.1, 0.15) is 12.4 Å². The molecular formula is C33H22Cl2N2O2S. The molecule has 1 fully saturated rings. The van der Waals surface area contributed by atoms with Gasteiger partial charge in [0.2, 0.25) is 0 Å². The standard InChI is InChI=1S/C33H22Cl2N2O2S/c34-25-12-16-27(17-13-25)36-33-37(28-18-14-26(35)15-19-28)32(38)31(40-33)20-23-7-2-4-11-30(23)39-21-24-9-5-8-22-6-1-3-10-29(22)24/h1-20H,21H2/b31-20-,36-33?. The van der Waals surface area contributed by atoms with Crippen LogP contribution in [0.1, 0.15) is 11.1 Å². The van der Waals surface area contributed by atoms with E-state index in [-0.39, 0.29) is 5.91 Å². The molecule has 0 N–H and O–H groups in total. The Morgan fingerprint density at radius 1 is 0.775 bits per heavy atom. The van der Waals surface area contributed by atoms with Gasteiger partial charge in [-0.15, -0.1) is 0 Å². The van der Waals surface area contributed by atoms with Crippen LogP contribution in [0.25, 0.3) is 16.8 Å². The van der Waals surface area contributed by atoms with Crippen molar-refractivity contribution < 1.29 is 9.53 Å². The molecule has 0 unspecified atom stereocenters. The normalized spacial score (nSPS) is 15.3. The van der Waals surface area contributed by atoms with Gasteiger partial charge in [-0.1, -0.05) is 83.9 Å². The van der Waals surface area contributed by atoms with E-state index in [1.165, 1.54) is 17.1 Å². The Morgan fingerprint density at radius 2 is 1.45 bits per heavy atom. The van der Waals surface area contributed by atoms with Crippen LogP contribution in [0, 0.1) is 0 Å². The zero-order valence-electron chi connectivity index (χ0n) is 21.1. The third-order valence-electron chi connectivity index (χ3n) is 6.41. The van der Waals surface area contributed by atoms with E-state index in [0.29, 0.717) is 43.8 Å². The molecular weight excluding hydrogens is 559 g/mol. The number of ether oxygens (including phenoxy) is 1. The van der Waals surface area contributed by atoms with Crippen molar-refractivity contribution in [2.45, 2.75) is 6.61 Å². The van der Waals surface area contributed by atoms with Crippen LogP contribution < -0.4 is 9.64 Å². The molecule has 1 aliphatic rings. The Kier molecular flexibility index (Phi) is 7.60. The first-order valence-electron chi connectivity index (χ1n) is 12.6. The van der Waals surface area contributed by atoms with Crippen molar-refractivity contribution in [3.05, 3.63) is 141 Å². The van der Waals surface area contributed by atoms with Gasteiger partial charge in [0, 0.05) is 15.6 Å². The molecule has 1 amide bonds. The monoisotopic (exact) mass is 580 g/mol. The molecule has 1 aliphatic heterocycles. The maximum Gasteiger partial charge on any atom is 0.271 e. The number of carbonyl (C=O) groups excluding carboxylic acids is 1. The van der Waals surface area contributed by atoms with Crippen LogP contribution in [-0.2, 0) is 11.4 Å². The molecule has 6 rings (SSSR count). The molecule has 0 atom stereocenters. The number of nitrogens with zero attached hydrogens (tertiary/aromatic N) is 2. The molecule has 1 saturated heterocycles. The van der Waals surface area contributed by atoms with Crippen LogP contribution >= 0.6 is 35.0 Å². The molecule has 1 heterocycles. The lowest BCUT2D eigenvalue weighted by atomic mass is 10.1. The minimum absolute atomic E-state index is 0.177. The van der Waals surface area contributed by atoms with Crippen molar-refractivity contribution in [2.24, 2.45) is 4.99 Å². The van der Waals surface area contributed by atoms with E-state index >= 15 is 0 Å². The highest BCUT2D eigenvalue weighted by Crippen LogP contribution is 2.39. The van der Waals surface area contributed by atoms with E-state index in [1.54, 1.807) is 29.2 Å². The second-order valence-electron chi connectivity index (χ2n) is 9.06. The van der Waals surface area contributed by atoms with Crippen molar-refractivity contribution in [1.82, 2.24) is 0 Å². The fourth-order valence-electron chi connectivity index (χ4n) is 4.44. The fourth-order valence-corrected chi connectivity index (χ4v) is 5.68. The number of thioether (sulfide) groups is 1. The number of hydrogen-bond acceptors (Lipinski definition) is 4. The van der Waals surface area contributed by atoms with Crippen molar-refractivity contribution in [3.63, 3.8) is 0 Å². The first kappa shape index (κ1) is 26.2. The van der Waals surface area contributed by atoms with E-state index in [9.17, 15) is 4.79 Å². The number of carbonyl (C=O) groups is 1. The molecule has 40 heavy (non-hydrogen) atoms. The Hall–Kier alpha value is -4.03. The number of benzene rings is 5. The van der Waals surface area contributed by atoms with E-state index < -0.39 is 0 Å². The van der Waals surface area contributed by atoms with Gasteiger partial charge in [0.15, 0.2) is 5.17 Å². The summed E-state index contributed by atoms with van der Waals surface area (Å²) in [7, 11) is 0. The number of para-hydroxylation sites is 1. The van der Waals surface area contributed by atoms with Crippen LogP contribution in [0.15, 0.2) is 125 Å². The van der Waals surface area contributed by atoms with E-state index in [0.717, 1.165) is 16.5 Å². The second kappa shape index (κ2) is 11.6. The molecule has 7 heteroatoms. The zero-order chi connectivity index (χ0) is 27.5. The summed E-state index contributed by atoms with van der Waals surface area (Å²) < 4.78 is 6.30. The molecule has 4 nitrogen and oxygen atoms in total. The van der Waals surface area contributed by atoms with Crippen molar-refractivity contribution in [1.29, 1.82) is 0 Å². The molecule has 0 spiro atoms. The predicted octanol–water partition coefficient (Wildman–Crippen LogP) is 9.53. The van der Waals surface area contributed by atoms with Gasteiger partial charge in [-0.05, 0) is 88.8 Å². The zero-order valence-corrected chi connectivity index (χ0v) is 23.5. The van der Waals surface area contributed by atoms with Crippen molar-refractivity contribution in [3.8, 4) is 5.75 Å². The van der Waals surface area contributed by atoms with Gasteiger partial charge >= 0.3 is 0 Å². The van der Waals surface area contributed by atoms with Crippen LogP contribution in [0.5, 0.6) is 5.75 Å². The van der Waals surface area contributed by atoms with Crippen molar-refractivity contribution >= 4 is 74.3 Å². The average Bonchev–Trinajstić information content (AvgIpc) is 3.28. The van der Waals surface area contributed by atoms with E-state index in [4.69, 9.17) is 32.9 Å². The molecule has 0 radical (unpaired) electrons. The summed E-state index contributed by atoms with van der Waals surface area (Å²) >= 11 is 13.5. The summed E-state index contributed by atoms with van der Waals surface area (Å²) in [4.78, 5) is 20.6. The van der Waals surface area contributed by atoms with Gasteiger partial charge in [0.25, 0.3) is 5.91 Å². The second-order valence-corrected chi connectivity index (χ2v) is 10.9. The Bertz CT molecular complexity index is 1760. The number of aliphatic imine (C=N–C) groups is 1. The van der Waals surface area contributed by atoms with Gasteiger partial charge in [0.05, 0.1) is 16.3 Å². The minimum Gasteiger partial charge on any atom is -0.488 e. The summed E-state index contributed by atoms with van der Waals surface area (Å²) in [5.74, 6) is 0.515. The highest BCUT2D eigenvalue weighted by molar-refractivity contribution is 8.19. The highest BCUT2D eigenvalue weighted by atomic mass is 35.5. The summed E-state index contributed by atoms with van der Waals surface area (Å²) in [5.41, 5.74) is 3.28. The summed E-state index contributed by atoms with van der Waals surface area (Å²) in [6.07, 6.45) is 1.86. The molecule has 0 aliphatic carbocycles. The maximum absolute atomic E-state index is 13.7. The average molecular weight is 582 g/mol. The van der Waals surface area contributed by atoms with Gasteiger partial charge in [-0.3, -0.25) is 9.69 Å². The number of halogens is 2. The molecule has 5 aromatic rings. The molecule has 0 saturated carbocycles. The Morgan fingerprint density at radius 3 is 2.25 bits per heavy atom. The van der Waals surface area contributed by atoms with Crippen LogP contribution in [0.3, 0.4) is 0 Å². The predicted molar refractivity (Wildman–Crippen MR) is 168 cm³/mol. The van der Waals surface area contributed by atoms with Crippen LogP contribution in [-0.4, -0.2) is 11.1 Å². The number of amidine groups is 1. The minimum atomic E-state index is -0.177. The summed E-state index contributed by atoms with van der Waals surface area (Å²) in [6, 6.07) is 36.5. The summed E-state index contributed by atoms with van der Waals surface area (Å²) in [6.45, 7) is 0.406. The first-order valence-corrected chi connectivity index (χ1v) is 14.1. The van der Waals surface area contributed by atoms with Crippen molar-refractivity contribution in [2.75, 3.05) is 4.90 Å². The van der Waals surface area contributed by atoms with Crippen LogP contribution in [0.4, 0.5) is 11.4 Å². The van der Waals surface area contributed by atoms with Gasteiger partial charge in [-0.25, -0.2) is 4.99 Å². The third kappa shape index (κ3) is 5.63. The number of anilines is 1. The highest BCUT2D eigenvalue weighted by Gasteiger charge is 2.35. The molecule has 0 bridgehead atoms. The van der Waals surface area contributed by atoms with Crippen LogP contribution in [0.2, 0.25) is 10.0 Å². The third-order valence-corrected chi connectivity index (χ3v) is 7.88. The smallest absolute Gasteiger partial charge is 0.271 e. The topological polar surface area (TPSA) is 41.9 Å². The number of fused-ring (bicyclic) bond motifs is 1. The number of amides is 1.